The predicted octanol–water partition coefficient (Wildman–Crippen LogP) is 0.845. The zero-order valence-corrected chi connectivity index (χ0v) is 6.88. The number of allylic oxidation sites excluding steroid dienone is 1. The van der Waals surface area contributed by atoms with Crippen LogP contribution in [-0.4, -0.2) is 19.6 Å². The number of hydrogen-bond donors (Lipinski definition) is 1. The van der Waals surface area contributed by atoms with Crippen molar-refractivity contribution in [3.05, 3.63) is 12.2 Å². The topological polar surface area (TPSA) is 52.3 Å². The molecular weight excluding hydrogens is 142 g/mol. The quantitative estimate of drug-likeness (QED) is 0.365. The molecule has 0 heterocycles. The fourth-order valence-corrected chi connectivity index (χ4v) is 0.654. The summed E-state index contributed by atoms with van der Waals surface area (Å²) in [6, 6.07) is 0. The number of ether oxygens (including phenoxy) is 1. The van der Waals surface area contributed by atoms with E-state index in [-0.39, 0.29) is 5.97 Å². The van der Waals surface area contributed by atoms with Crippen LogP contribution in [0.4, 0.5) is 0 Å². The number of esters is 1. The monoisotopic (exact) mass is 157 g/mol. The fourth-order valence-electron chi connectivity index (χ4n) is 0.654. The minimum atomic E-state index is -0.294. The first kappa shape index (κ1) is 10.2. The molecule has 0 amide bonds. The highest BCUT2D eigenvalue weighted by atomic mass is 16.5. The Kier molecular flexibility index (Phi) is 6.73. The van der Waals surface area contributed by atoms with Gasteiger partial charge in [-0.25, -0.2) is 4.79 Å². The summed E-state index contributed by atoms with van der Waals surface area (Å²) in [4.78, 5) is 10.5. The smallest absolute Gasteiger partial charge is 0.330 e. The average molecular weight is 157 g/mol. The third-order valence-corrected chi connectivity index (χ3v) is 1.28. The molecule has 0 bridgehead atoms. The second kappa shape index (κ2) is 7.28. The van der Waals surface area contributed by atoms with E-state index < -0.39 is 0 Å². The Balaban J connectivity index is 3.22. The van der Waals surface area contributed by atoms with E-state index in [2.05, 4.69) is 4.74 Å². The van der Waals surface area contributed by atoms with Crippen LogP contribution >= 0.6 is 0 Å². The summed E-state index contributed by atoms with van der Waals surface area (Å²) in [6.45, 7) is 0.714. The largest absolute Gasteiger partial charge is 0.466 e. The van der Waals surface area contributed by atoms with Crippen LogP contribution in [0, 0.1) is 0 Å². The van der Waals surface area contributed by atoms with Crippen molar-refractivity contribution in [1.82, 2.24) is 0 Å². The molecule has 0 fully saturated rings. The van der Waals surface area contributed by atoms with Crippen molar-refractivity contribution in [1.29, 1.82) is 0 Å². The molecule has 0 aliphatic rings. The van der Waals surface area contributed by atoms with E-state index in [4.69, 9.17) is 5.73 Å². The van der Waals surface area contributed by atoms with Gasteiger partial charge in [0.2, 0.25) is 0 Å². The minimum absolute atomic E-state index is 0.294. The first-order valence-corrected chi connectivity index (χ1v) is 3.76. The second-order valence-corrected chi connectivity index (χ2v) is 2.21. The number of methoxy groups -OCH3 is 1. The lowest BCUT2D eigenvalue weighted by Crippen LogP contribution is -1.97. The maximum absolute atomic E-state index is 10.5. The molecule has 0 aromatic rings. The van der Waals surface area contributed by atoms with Crippen LogP contribution in [0.3, 0.4) is 0 Å². The summed E-state index contributed by atoms with van der Waals surface area (Å²) < 4.78 is 4.41. The van der Waals surface area contributed by atoms with Crippen molar-refractivity contribution in [2.75, 3.05) is 13.7 Å². The summed E-state index contributed by atoms with van der Waals surface area (Å²) in [6.07, 6.45) is 6.18. The molecule has 0 aromatic heterocycles. The minimum Gasteiger partial charge on any atom is -0.466 e. The molecule has 0 unspecified atom stereocenters. The lowest BCUT2D eigenvalue weighted by Gasteiger charge is -1.91. The Labute approximate surface area is 67.2 Å². The van der Waals surface area contributed by atoms with E-state index in [1.54, 1.807) is 0 Å². The molecule has 0 radical (unpaired) electrons. The number of hydrogen-bond acceptors (Lipinski definition) is 3. The van der Waals surface area contributed by atoms with Gasteiger partial charge >= 0.3 is 5.97 Å². The van der Waals surface area contributed by atoms with Gasteiger partial charge in [-0.1, -0.05) is 6.08 Å². The molecule has 0 spiro atoms. The van der Waals surface area contributed by atoms with E-state index in [9.17, 15) is 4.79 Å². The normalized spacial score (nSPS) is 10.4. The summed E-state index contributed by atoms with van der Waals surface area (Å²) in [5.41, 5.74) is 5.28. The predicted molar refractivity (Wildman–Crippen MR) is 44.1 cm³/mol. The molecule has 0 saturated carbocycles. The van der Waals surface area contributed by atoms with Gasteiger partial charge in [-0.2, -0.15) is 0 Å². The van der Waals surface area contributed by atoms with Crippen LogP contribution in [0.15, 0.2) is 12.2 Å². The summed E-state index contributed by atoms with van der Waals surface area (Å²) in [7, 11) is 1.37. The molecule has 0 atom stereocenters. The van der Waals surface area contributed by atoms with E-state index in [1.165, 1.54) is 13.2 Å². The molecule has 3 heteroatoms. The Hall–Kier alpha value is -0.830. The second-order valence-electron chi connectivity index (χ2n) is 2.21. The van der Waals surface area contributed by atoms with Crippen LogP contribution in [-0.2, 0) is 9.53 Å². The van der Waals surface area contributed by atoms with Crippen molar-refractivity contribution >= 4 is 5.97 Å². The number of carbonyl (C=O) groups is 1. The highest BCUT2D eigenvalue weighted by molar-refractivity contribution is 5.81. The fraction of sp³-hybridized carbons (Fsp3) is 0.625. The lowest BCUT2D eigenvalue weighted by molar-refractivity contribution is -0.134. The molecule has 64 valence electrons. The molecule has 3 nitrogen and oxygen atoms in total. The van der Waals surface area contributed by atoms with Gasteiger partial charge in [-0.05, 0) is 25.8 Å². The first-order chi connectivity index (χ1) is 5.31. The summed E-state index contributed by atoms with van der Waals surface area (Å²) in [5.74, 6) is -0.294. The maximum atomic E-state index is 10.5. The Morgan fingerprint density at radius 3 is 2.82 bits per heavy atom. The highest BCUT2D eigenvalue weighted by Gasteiger charge is 1.88. The van der Waals surface area contributed by atoms with Gasteiger partial charge < -0.3 is 10.5 Å². The SMILES string of the molecule is COC(=O)C=CCCCCN. The third-order valence-electron chi connectivity index (χ3n) is 1.28. The summed E-state index contributed by atoms with van der Waals surface area (Å²) >= 11 is 0. The first-order valence-electron chi connectivity index (χ1n) is 3.76. The lowest BCUT2D eigenvalue weighted by atomic mass is 10.2. The van der Waals surface area contributed by atoms with Crippen LogP contribution in [0.2, 0.25) is 0 Å². The zero-order valence-electron chi connectivity index (χ0n) is 6.88. The highest BCUT2D eigenvalue weighted by Crippen LogP contribution is 1.94. The van der Waals surface area contributed by atoms with Crippen molar-refractivity contribution in [3.8, 4) is 0 Å². The Morgan fingerprint density at radius 1 is 1.55 bits per heavy atom. The van der Waals surface area contributed by atoms with Gasteiger partial charge in [0.25, 0.3) is 0 Å². The Morgan fingerprint density at radius 2 is 2.27 bits per heavy atom. The van der Waals surface area contributed by atoms with Gasteiger partial charge in [0.1, 0.15) is 0 Å². The number of rotatable bonds is 5. The van der Waals surface area contributed by atoms with Crippen LogP contribution in [0.1, 0.15) is 19.3 Å². The molecule has 0 saturated heterocycles. The molecule has 0 rings (SSSR count). The van der Waals surface area contributed by atoms with Gasteiger partial charge in [0.15, 0.2) is 0 Å². The van der Waals surface area contributed by atoms with Crippen molar-refractivity contribution < 1.29 is 9.53 Å². The molecule has 11 heavy (non-hydrogen) atoms. The van der Waals surface area contributed by atoms with Crippen LogP contribution in [0.25, 0.3) is 0 Å². The number of carbonyl (C=O) groups excluding carboxylic acids is 1. The van der Waals surface area contributed by atoms with Crippen LogP contribution in [0.5, 0.6) is 0 Å². The Bertz CT molecular complexity index is 132. The maximum Gasteiger partial charge on any atom is 0.330 e. The average Bonchev–Trinajstić information content (AvgIpc) is 2.04. The zero-order chi connectivity index (χ0) is 8.53. The molecule has 0 aliphatic heterocycles. The van der Waals surface area contributed by atoms with E-state index in [1.807, 2.05) is 6.08 Å². The van der Waals surface area contributed by atoms with Gasteiger partial charge in [0, 0.05) is 6.08 Å². The third kappa shape index (κ3) is 7.06. The molecule has 0 aliphatic carbocycles. The van der Waals surface area contributed by atoms with Crippen molar-refractivity contribution in [3.63, 3.8) is 0 Å². The standard InChI is InChI=1S/C8H15NO2/c1-11-8(10)6-4-2-3-5-7-9/h4,6H,2-3,5,7,9H2,1H3. The number of unbranched alkanes of at least 4 members (excludes halogenated alkanes) is 2. The van der Waals surface area contributed by atoms with Gasteiger partial charge in [0.05, 0.1) is 7.11 Å². The molecular formula is C8H15NO2. The van der Waals surface area contributed by atoms with Crippen LogP contribution < -0.4 is 5.73 Å². The van der Waals surface area contributed by atoms with E-state index in [0.717, 1.165) is 19.3 Å². The molecule has 2 N–H and O–H groups in total. The van der Waals surface area contributed by atoms with Gasteiger partial charge in [-0.3, -0.25) is 0 Å². The summed E-state index contributed by atoms with van der Waals surface area (Å²) in [5, 5.41) is 0. The molecule has 0 aromatic carbocycles. The van der Waals surface area contributed by atoms with Gasteiger partial charge in [-0.15, -0.1) is 0 Å². The van der Waals surface area contributed by atoms with Crippen molar-refractivity contribution in [2.24, 2.45) is 5.73 Å². The van der Waals surface area contributed by atoms with E-state index in [0.29, 0.717) is 6.54 Å². The van der Waals surface area contributed by atoms with Crippen molar-refractivity contribution in [2.45, 2.75) is 19.3 Å². The number of nitrogens with two attached hydrogens (primary N) is 1. The van der Waals surface area contributed by atoms with E-state index >= 15 is 0 Å².